The minimum Gasteiger partial charge on any atom is -0.494 e. The minimum atomic E-state index is -0.652. The lowest BCUT2D eigenvalue weighted by Crippen LogP contribution is -2.42. The molecule has 6 aromatic rings. The number of likely N-dealkylation sites (tertiary alicyclic amines) is 1. The van der Waals surface area contributed by atoms with E-state index in [1.165, 1.54) is 26.3 Å². The molecule has 4 aromatic heterocycles. The van der Waals surface area contributed by atoms with Crippen molar-refractivity contribution in [1.82, 2.24) is 58.8 Å². The Morgan fingerprint density at radius 3 is 2.18 bits per heavy atom. The van der Waals surface area contributed by atoms with Gasteiger partial charge in [0.2, 0.25) is 23.7 Å². The van der Waals surface area contributed by atoms with Gasteiger partial charge in [0, 0.05) is 75.6 Å². The molecular formula is C53H74N18O7. The summed E-state index contributed by atoms with van der Waals surface area (Å²) >= 11 is 0. The Bertz CT molecular complexity index is 3150. The molecular weight excluding hydrogens is 1000 g/mol. The number of benzene rings is 2. The van der Waals surface area contributed by atoms with Gasteiger partial charge in [-0.1, -0.05) is 12.2 Å². The Hall–Kier alpha value is -8.29. The van der Waals surface area contributed by atoms with E-state index in [4.69, 9.17) is 25.9 Å². The van der Waals surface area contributed by atoms with Crippen LogP contribution in [0.4, 0.5) is 11.9 Å². The number of carbonyl (C=O) groups is 5. The smallest absolute Gasteiger partial charge is 0.276 e. The molecule has 0 unspecified atom stereocenters. The van der Waals surface area contributed by atoms with E-state index in [2.05, 4.69) is 56.4 Å². The van der Waals surface area contributed by atoms with Crippen LogP contribution in [-0.2, 0) is 42.3 Å². The Balaban J connectivity index is 0.000000730. The number of aldehydes is 2. The quantitative estimate of drug-likeness (QED) is 0.0246. The zero-order valence-electron chi connectivity index (χ0n) is 45.9. The third-order valence-corrected chi connectivity index (χ3v) is 13.0. The fourth-order valence-electron chi connectivity index (χ4n) is 9.45. The third kappa shape index (κ3) is 14.2. The molecule has 418 valence electrons. The second-order valence-corrected chi connectivity index (χ2v) is 18.4. The van der Waals surface area contributed by atoms with Crippen molar-refractivity contribution >= 4 is 70.0 Å². The normalized spacial score (nSPS) is 14.1. The molecule has 25 heteroatoms. The van der Waals surface area contributed by atoms with Crippen molar-refractivity contribution in [2.75, 3.05) is 84.8 Å². The van der Waals surface area contributed by atoms with E-state index in [1.54, 1.807) is 54.5 Å². The maximum Gasteiger partial charge on any atom is 0.276 e. The number of ether oxygens (including phenoxy) is 2. The van der Waals surface area contributed by atoms with E-state index < -0.39 is 11.8 Å². The predicted octanol–water partition coefficient (Wildman–Crippen LogP) is 3.27. The van der Waals surface area contributed by atoms with Gasteiger partial charge in [0.1, 0.15) is 46.0 Å². The van der Waals surface area contributed by atoms with E-state index >= 15 is 0 Å². The molecule has 2 aromatic carbocycles. The summed E-state index contributed by atoms with van der Waals surface area (Å²) in [6.45, 7) is 14.3. The van der Waals surface area contributed by atoms with E-state index in [9.17, 15) is 24.0 Å². The number of piperidine rings is 1. The van der Waals surface area contributed by atoms with Crippen LogP contribution in [0.2, 0.25) is 0 Å². The van der Waals surface area contributed by atoms with Gasteiger partial charge in [-0.2, -0.15) is 5.10 Å². The Labute approximate surface area is 453 Å². The number of imidazole rings is 2. The number of aliphatic imine (C=N–C) groups is 1. The van der Waals surface area contributed by atoms with E-state index in [-0.39, 0.29) is 29.7 Å². The minimum absolute atomic E-state index is 0.0693. The summed E-state index contributed by atoms with van der Waals surface area (Å²) in [5, 5.41) is 22.1. The van der Waals surface area contributed by atoms with Gasteiger partial charge in [0.25, 0.3) is 5.91 Å². The number of primary amides is 1. The van der Waals surface area contributed by atoms with Gasteiger partial charge in [0.05, 0.1) is 43.5 Å². The van der Waals surface area contributed by atoms with Crippen LogP contribution in [0, 0.1) is 6.92 Å². The molecule has 0 saturated carbocycles. The number of allylic oxidation sites excluding steroid dienone is 3. The largest absolute Gasteiger partial charge is 0.494 e. The first-order chi connectivity index (χ1) is 37.7. The summed E-state index contributed by atoms with van der Waals surface area (Å²) in [6.07, 6.45) is 9.69. The van der Waals surface area contributed by atoms with Crippen molar-refractivity contribution in [3.8, 4) is 11.5 Å². The molecule has 6 heterocycles. The number of amides is 3. The van der Waals surface area contributed by atoms with Gasteiger partial charge in [-0.05, 0) is 111 Å². The highest BCUT2D eigenvalue weighted by atomic mass is 16.5. The van der Waals surface area contributed by atoms with Crippen LogP contribution in [0.15, 0.2) is 59.2 Å². The average molecular weight is 1080 g/mol. The standard InChI is InChI=1S/C45H59N15O6.C7H10N2O.CH5N/c1-6-50-34(20-28(2)46)43(64)53-45-52-33-23-31(41(47)63)24-35(65-5)39(33)60(45)14-8-7-13-59-40-32(51-44(59)49-4)21-29(27-61)22-36(40)66-19-9-12-56-15-10-30(11-16-56)42-55-54-37-26-57(17-18-58(37)42)38(62)25-48-3;1-3-9-7(5-10)4-6(2)8-9;1-2/h7-8,20-24,27,30,48H,6,9-19,25-26,46H2,1-5H3,(H2,47,63)(H,49,51)(H,52,53,64);4-5H,3H2,1-2H3;2H2,1H3/b8-7+,28-20-,50-34?;;. The van der Waals surface area contributed by atoms with Gasteiger partial charge < -0.3 is 60.8 Å². The molecule has 25 nitrogen and oxygen atoms in total. The Morgan fingerprint density at radius 1 is 0.872 bits per heavy atom. The summed E-state index contributed by atoms with van der Waals surface area (Å²) in [5.74, 6) is 2.75. The second-order valence-electron chi connectivity index (χ2n) is 18.4. The van der Waals surface area contributed by atoms with Crippen molar-refractivity contribution < 1.29 is 33.4 Å². The van der Waals surface area contributed by atoms with Crippen molar-refractivity contribution in [2.45, 2.75) is 85.6 Å². The summed E-state index contributed by atoms with van der Waals surface area (Å²) in [5.41, 5.74) is 21.0. The van der Waals surface area contributed by atoms with Gasteiger partial charge in [-0.15, -0.1) is 10.2 Å². The first-order valence-corrected chi connectivity index (χ1v) is 26.0. The number of likely N-dealkylation sites (N-methyl/N-ethyl adjacent to an activating group) is 1. The molecule has 8 rings (SSSR count). The van der Waals surface area contributed by atoms with Crippen LogP contribution >= 0.6 is 0 Å². The SMILES string of the molecule is CCN=C(/C=C(/C)N)C(=O)Nc1nc2cc(C(N)=O)cc(OC)c2n1C/C=C/Cn1c(NC)nc2cc(C=O)cc(OCCCN3CCC(c4nnc5n4CCN(C(=O)CNC)C5)CC3)c21.CCn1nc(C)cc1C=O.CN. The number of anilines is 2. The molecule has 1 saturated heterocycles. The molecule has 0 spiro atoms. The second kappa shape index (κ2) is 28.2. The van der Waals surface area contributed by atoms with Crippen LogP contribution in [0.3, 0.4) is 0 Å². The lowest BCUT2D eigenvalue weighted by Gasteiger charge is -2.33. The number of carbonyl (C=O) groups excluding carboxylic acids is 5. The van der Waals surface area contributed by atoms with Crippen molar-refractivity contribution in [1.29, 1.82) is 0 Å². The molecule has 3 amide bonds. The van der Waals surface area contributed by atoms with Gasteiger partial charge in [0.15, 0.2) is 12.1 Å². The van der Waals surface area contributed by atoms with Gasteiger partial charge >= 0.3 is 0 Å². The molecule has 0 radical (unpaired) electrons. The highest BCUT2D eigenvalue weighted by Gasteiger charge is 2.30. The van der Waals surface area contributed by atoms with Crippen LogP contribution in [0.5, 0.6) is 11.5 Å². The maximum absolute atomic E-state index is 13.5. The van der Waals surface area contributed by atoms with Crippen LogP contribution in [0.25, 0.3) is 22.1 Å². The fourth-order valence-corrected chi connectivity index (χ4v) is 9.45. The number of hydrogen-bond donors (Lipinski definition) is 6. The number of aryl methyl sites for hydroxylation is 2. The maximum atomic E-state index is 13.5. The molecule has 1 fully saturated rings. The van der Waals surface area contributed by atoms with Crippen LogP contribution < -0.4 is 42.6 Å². The molecule has 0 bridgehead atoms. The van der Waals surface area contributed by atoms with Crippen molar-refractivity contribution in [3.63, 3.8) is 0 Å². The molecule has 78 heavy (non-hydrogen) atoms. The zero-order valence-corrected chi connectivity index (χ0v) is 45.9. The first-order valence-electron chi connectivity index (χ1n) is 26.0. The lowest BCUT2D eigenvalue weighted by molar-refractivity contribution is -0.131. The molecule has 0 aliphatic carbocycles. The monoisotopic (exact) mass is 1070 g/mol. The fraction of sp³-hybridized carbons (Fsp3) is 0.453. The number of rotatable bonds is 22. The van der Waals surface area contributed by atoms with Crippen LogP contribution in [-0.4, -0.2) is 164 Å². The first kappa shape index (κ1) is 59.0. The average Bonchev–Trinajstić information content (AvgIpc) is 4.27. The number of aromatic nitrogens is 9. The number of methoxy groups -OCH3 is 1. The van der Waals surface area contributed by atoms with E-state index in [0.29, 0.717) is 103 Å². The Kier molecular flexibility index (Phi) is 21.3. The highest BCUT2D eigenvalue weighted by molar-refractivity contribution is 6.47. The number of nitrogens with zero attached hydrogens (tertiary/aromatic N) is 12. The highest BCUT2D eigenvalue weighted by Crippen LogP contribution is 2.33. The number of nitrogens with one attached hydrogen (secondary N) is 3. The Morgan fingerprint density at radius 2 is 1.56 bits per heavy atom. The lowest BCUT2D eigenvalue weighted by atomic mass is 9.95. The van der Waals surface area contributed by atoms with Gasteiger partial charge in [-0.25, -0.2) is 9.97 Å². The zero-order chi connectivity index (χ0) is 56.5. The molecule has 2 aliphatic heterocycles. The van der Waals surface area contributed by atoms with Crippen LogP contribution in [0.1, 0.15) is 94.5 Å². The molecule has 9 N–H and O–H groups in total. The van der Waals surface area contributed by atoms with Gasteiger partial charge in [-0.3, -0.25) is 39.0 Å². The molecule has 2 aliphatic rings. The summed E-state index contributed by atoms with van der Waals surface area (Å²) < 4.78 is 19.7. The van der Waals surface area contributed by atoms with Crippen molar-refractivity contribution in [3.05, 3.63) is 88.4 Å². The summed E-state index contributed by atoms with van der Waals surface area (Å²) in [4.78, 5) is 78.5. The topological polar surface area (TPSA) is 321 Å². The summed E-state index contributed by atoms with van der Waals surface area (Å²) in [6, 6.07) is 8.34. The summed E-state index contributed by atoms with van der Waals surface area (Å²) in [7, 11) is 6.53. The molecule has 0 atom stereocenters. The number of nitrogens with two attached hydrogens (primary N) is 3. The predicted molar refractivity (Wildman–Crippen MR) is 299 cm³/mol. The number of fused-ring (bicyclic) bond motifs is 3. The van der Waals surface area contributed by atoms with Crippen molar-refractivity contribution in [2.24, 2.45) is 22.2 Å². The number of hydrogen-bond acceptors (Lipinski definition) is 18. The van der Waals surface area contributed by atoms with E-state index in [0.717, 1.165) is 80.9 Å². The third-order valence-electron chi connectivity index (χ3n) is 13.0. The van der Waals surface area contributed by atoms with E-state index in [1.807, 2.05) is 42.4 Å².